The molecule has 0 saturated carbocycles. The summed E-state index contributed by atoms with van der Waals surface area (Å²) in [5, 5.41) is 1.12. The van der Waals surface area contributed by atoms with Crippen molar-refractivity contribution in [2.24, 2.45) is 5.73 Å². The van der Waals surface area contributed by atoms with Crippen LogP contribution in [0.25, 0.3) is 27.4 Å². The number of aromatic nitrogens is 3. The summed E-state index contributed by atoms with van der Waals surface area (Å²) in [7, 11) is 3.78. The summed E-state index contributed by atoms with van der Waals surface area (Å²) in [6.45, 7) is 5.94. The van der Waals surface area contributed by atoms with Gasteiger partial charge in [0.1, 0.15) is 11.2 Å². The maximum Gasteiger partial charge on any atom is 0.261 e. The first-order valence-electron chi connectivity index (χ1n) is 12.1. The molecule has 4 aromatic rings. The number of methoxy groups -OCH3 is 1. The van der Waals surface area contributed by atoms with Crippen molar-refractivity contribution in [1.82, 2.24) is 24.3 Å². The number of nitrogens with zero attached hydrogens (tertiary/aromatic N) is 5. The molecule has 3 heterocycles. The number of hydrogen-bond acceptors (Lipinski definition) is 8. The molecule has 37 heavy (non-hydrogen) atoms. The third-order valence-electron chi connectivity index (χ3n) is 6.45. The molecule has 1 aliphatic rings. The monoisotopic (exact) mass is 540 g/mol. The Morgan fingerprint density at radius 2 is 1.97 bits per heavy atom. The van der Waals surface area contributed by atoms with E-state index >= 15 is 0 Å². The number of carbonyl (C=O) groups excluding carboxylic acids is 1. The Hall–Kier alpha value is -3.18. The second-order valence-corrected chi connectivity index (χ2v) is 10.4. The van der Waals surface area contributed by atoms with Crippen LogP contribution in [0.2, 0.25) is 5.02 Å². The molecular weight excluding hydrogens is 512 g/mol. The van der Waals surface area contributed by atoms with Gasteiger partial charge in [0.2, 0.25) is 0 Å². The summed E-state index contributed by atoms with van der Waals surface area (Å²) < 4.78 is 13.6. The van der Waals surface area contributed by atoms with Crippen LogP contribution in [0, 0.1) is 0 Å². The number of primary amides is 1. The van der Waals surface area contributed by atoms with E-state index in [1.165, 1.54) is 11.3 Å². The van der Waals surface area contributed by atoms with Gasteiger partial charge in [0.05, 0.1) is 30.4 Å². The van der Waals surface area contributed by atoms with Gasteiger partial charge in [-0.15, -0.1) is 0 Å². The molecule has 1 saturated heterocycles. The topological polar surface area (TPSA) is 98.7 Å². The third-order valence-corrected chi connectivity index (χ3v) is 7.75. The number of carbonyl (C=O) groups is 1. The van der Waals surface area contributed by atoms with Gasteiger partial charge in [0.15, 0.2) is 16.6 Å². The number of likely N-dealkylation sites (N-methyl/N-ethyl adjacent to an activating group) is 1. The number of amides is 1. The summed E-state index contributed by atoms with van der Waals surface area (Å²) in [5.74, 6) is 0.708. The number of imidazole rings is 1. The molecule has 0 radical (unpaired) electrons. The van der Waals surface area contributed by atoms with E-state index in [0.29, 0.717) is 38.8 Å². The number of nitrogens with two attached hydrogens (primary N) is 1. The summed E-state index contributed by atoms with van der Waals surface area (Å²) in [6, 6.07) is 10.9. The van der Waals surface area contributed by atoms with Crippen molar-refractivity contribution in [3.63, 3.8) is 0 Å². The predicted molar refractivity (Wildman–Crippen MR) is 146 cm³/mol. The highest BCUT2D eigenvalue weighted by Crippen LogP contribution is 2.36. The molecule has 9 nitrogen and oxygen atoms in total. The van der Waals surface area contributed by atoms with Gasteiger partial charge in [0, 0.05) is 55.4 Å². The predicted octanol–water partition coefficient (Wildman–Crippen LogP) is 3.93. The minimum atomic E-state index is -0.547. The molecule has 0 bridgehead atoms. The van der Waals surface area contributed by atoms with Crippen LogP contribution < -0.4 is 15.2 Å². The summed E-state index contributed by atoms with van der Waals surface area (Å²) in [4.78, 5) is 26.7. The lowest BCUT2D eigenvalue weighted by atomic mass is 10.1. The lowest BCUT2D eigenvalue weighted by Crippen LogP contribution is -2.44. The molecule has 1 fully saturated rings. The average Bonchev–Trinajstić information content (AvgIpc) is 3.51. The minimum absolute atomic E-state index is 0.355. The van der Waals surface area contributed by atoms with E-state index in [1.54, 1.807) is 25.6 Å². The van der Waals surface area contributed by atoms with Crippen molar-refractivity contribution in [2.75, 3.05) is 53.5 Å². The Balaban J connectivity index is 1.40. The van der Waals surface area contributed by atoms with Crippen molar-refractivity contribution in [2.45, 2.75) is 6.42 Å². The lowest BCUT2D eigenvalue weighted by Gasteiger charge is -2.32. The van der Waals surface area contributed by atoms with E-state index in [2.05, 4.69) is 21.8 Å². The van der Waals surface area contributed by atoms with E-state index in [9.17, 15) is 4.79 Å². The molecule has 0 aliphatic carbocycles. The minimum Gasteiger partial charge on any atom is -0.493 e. The quantitative estimate of drug-likeness (QED) is 0.321. The molecule has 2 aromatic heterocycles. The van der Waals surface area contributed by atoms with Gasteiger partial charge in [-0.2, -0.15) is 0 Å². The summed E-state index contributed by atoms with van der Waals surface area (Å²) in [5.41, 5.74) is 8.42. The number of piperazine rings is 1. The fraction of sp³-hybridized carbons (Fsp3) is 0.346. The van der Waals surface area contributed by atoms with Crippen LogP contribution in [0.5, 0.6) is 11.5 Å². The number of halogens is 1. The lowest BCUT2D eigenvalue weighted by molar-refractivity contribution is 0.100. The van der Waals surface area contributed by atoms with Crippen LogP contribution in [0.3, 0.4) is 0 Å². The fourth-order valence-corrected chi connectivity index (χ4v) is 5.51. The third kappa shape index (κ3) is 5.57. The molecule has 2 N–H and O–H groups in total. The van der Waals surface area contributed by atoms with Crippen molar-refractivity contribution < 1.29 is 14.3 Å². The first kappa shape index (κ1) is 25.5. The van der Waals surface area contributed by atoms with Crippen molar-refractivity contribution in [3.8, 4) is 27.9 Å². The number of fused-ring (bicyclic) bond motifs is 1. The summed E-state index contributed by atoms with van der Waals surface area (Å²) in [6.07, 6.45) is 2.59. The van der Waals surface area contributed by atoms with Crippen LogP contribution in [0.4, 0.5) is 0 Å². The van der Waals surface area contributed by atoms with Crippen LogP contribution in [-0.2, 0) is 0 Å². The van der Waals surface area contributed by atoms with Gasteiger partial charge in [-0.25, -0.2) is 9.97 Å². The van der Waals surface area contributed by atoms with Crippen LogP contribution in [-0.4, -0.2) is 83.7 Å². The standard InChI is InChI=1S/C26H29ClN6O3S/c1-31-8-10-32(11-9-31)7-4-12-36-22-15-20-19(14-21(22)35-2)29-16-33(20)26-30-23(24(37-26)25(28)34)17-5-3-6-18(27)13-17/h3,5-6,13-16H,4,7-12H2,1-2H3,(H2,28,34). The molecule has 0 unspecified atom stereocenters. The van der Waals surface area contributed by atoms with E-state index < -0.39 is 5.91 Å². The van der Waals surface area contributed by atoms with Crippen LogP contribution >= 0.6 is 22.9 Å². The normalized spacial score (nSPS) is 14.8. The van der Waals surface area contributed by atoms with Crippen LogP contribution in [0.15, 0.2) is 42.7 Å². The molecule has 194 valence electrons. The number of ether oxygens (including phenoxy) is 2. The average molecular weight is 541 g/mol. The highest BCUT2D eigenvalue weighted by Gasteiger charge is 2.21. The maximum absolute atomic E-state index is 12.2. The van der Waals surface area contributed by atoms with E-state index in [4.69, 9.17) is 31.8 Å². The highest BCUT2D eigenvalue weighted by atomic mass is 35.5. The Morgan fingerprint density at radius 1 is 1.16 bits per heavy atom. The zero-order chi connectivity index (χ0) is 25.9. The van der Waals surface area contributed by atoms with Gasteiger partial charge in [-0.05, 0) is 25.6 Å². The SMILES string of the molecule is COc1cc2ncn(-c3nc(-c4cccc(Cl)c4)c(C(N)=O)s3)c2cc1OCCCN1CCN(C)CC1. The van der Waals surface area contributed by atoms with Crippen molar-refractivity contribution in [1.29, 1.82) is 0 Å². The van der Waals surface area contributed by atoms with Gasteiger partial charge in [-0.1, -0.05) is 35.1 Å². The molecule has 2 aromatic carbocycles. The zero-order valence-corrected chi connectivity index (χ0v) is 22.4. The molecule has 11 heteroatoms. The number of hydrogen-bond donors (Lipinski definition) is 1. The summed E-state index contributed by atoms with van der Waals surface area (Å²) >= 11 is 7.38. The van der Waals surface area contributed by atoms with Gasteiger partial charge in [-0.3, -0.25) is 9.36 Å². The Kier molecular flexibility index (Phi) is 7.61. The molecule has 0 atom stereocenters. The smallest absolute Gasteiger partial charge is 0.261 e. The number of thiazole rings is 1. The van der Waals surface area contributed by atoms with Gasteiger partial charge < -0.3 is 25.0 Å². The number of rotatable bonds is 9. The first-order chi connectivity index (χ1) is 17.9. The molecule has 1 aliphatic heterocycles. The Labute approximate surface area is 224 Å². The highest BCUT2D eigenvalue weighted by molar-refractivity contribution is 7.16. The fourth-order valence-electron chi connectivity index (χ4n) is 4.39. The van der Waals surface area contributed by atoms with Gasteiger partial charge >= 0.3 is 0 Å². The molecule has 5 rings (SSSR count). The van der Waals surface area contributed by atoms with E-state index in [-0.39, 0.29) is 0 Å². The van der Waals surface area contributed by atoms with E-state index in [1.807, 2.05) is 28.8 Å². The maximum atomic E-state index is 12.2. The Bertz CT molecular complexity index is 1410. The second-order valence-electron chi connectivity index (χ2n) is 9.00. The Morgan fingerprint density at radius 3 is 2.70 bits per heavy atom. The largest absolute Gasteiger partial charge is 0.493 e. The van der Waals surface area contributed by atoms with Gasteiger partial charge in [0.25, 0.3) is 5.91 Å². The zero-order valence-electron chi connectivity index (χ0n) is 20.8. The molecular formula is C26H29ClN6O3S. The van der Waals surface area contributed by atoms with Crippen molar-refractivity contribution >= 4 is 39.9 Å². The number of benzene rings is 2. The molecule has 0 spiro atoms. The van der Waals surface area contributed by atoms with E-state index in [0.717, 1.165) is 55.7 Å². The second kappa shape index (κ2) is 11.1. The first-order valence-corrected chi connectivity index (χ1v) is 13.3. The molecule has 1 amide bonds. The van der Waals surface area contributed by atoms with Crippen molar-refractivity contribution in [3.05, 3.63) is 52.6 Å². The van der Waals surface area contributed by atoms with Crippen LogP contribution in [0.1, 0.15) is 16.1 Å².